The number of carbonyl (C=O) groups excluding carboxylic acids is 1. The molecule has 1 aromatic heterocycles. The minimum absolute atomic E-state index is 0.0532. The molecule has 2 aliphatic rings. The van der Waals surface area contributed by atoms with Crippen molar-refractivity contribution >= 4 is 5.91 Å². The second kappa shape index (κ2) is 12.4. The zero-order valence-electron chi connectivity index (χ0n) is 22.9. The molecule has 2 aromatic rings. The van der Waals surface area contributed by atoms with Crippen LogP contribution in [0.25, 0.3) is 0 Å². The van der Waals surface area contributed by atoms with E-state index in [0.29, 0.717) is 12.2 Å². The van der Waals surface area contributed by atoms with Crippen LogP contribution in [0.3, 0.4) is 0 Å². The zero-order chi connectivity index (χ0) is 28.9. The van der Waals surface area contributed by atoms with Crippen molar-refractivity contribution in [2.45, 2.75) is 77.6 Å². The quantitative estimate of drug-likeness (QED) is 0.401. The van der Waals surface area contributed by atoms with Crippen molar-refractivity contribution in [3.63, 3.8) is 0 Å². The van der Waals surface area contributed by atoms with Crippen LogP contribution in [0.4, 0.5) is 13.2 Å². The molecular weight excluding hydrogens is 523 g/mol. The minimum Gasteiger partial charge on any atom is -0.481 e. The summed E-state index contributed by atoms with van der Waals surface area (Å²) in [7, 11) is 0. The van der Waals surface area contributed by atoms with Gasteiger partial charge in [0.1, 0.15) is 12.4 Å². The van der Waals surface area contributed by atoms with Gasteiger partial charge in [-0.2, -0.15) is 13.2 Å². The van der Waals surface area contributed by atoms with Crippen LogP contribution in [0.1, 0.15) is 74.2 Å². The highest BCUT2D eigenvalue weighted by Gasteiger charge is 2.41. The predicted octanol–water partition coefficient (Wildman–Crippen LogP) is 5.50. The number of nitrogens with one attached hydrogen (secondary N) is 1. The molecule has 216 valence electrons. The van der Waals surface area contributed by atoms with Gasteiger partial charge < -0.3 is 19.7 Å². The van der Waals surface area contributed by atoms with Crippen molar-refractivity contribution in [3.8, 4) is 5.75 Å². The van der Waals surface area contributed by atoms with Crippen LogP contribution in [0.15, 0.2) is 58.4 Å². The number of ether oxygens (including phenoxy) is 1. The third-order valence-electron chi connectivity index (χ3n) is 7.84. The maximum atomic E-state index is 13.7. The van der Waals surface area contributed by atoms with Crippen molar-refractivity contribution in [3.05, 3.63) is 81.1 Å². The molecule has 0 atom stereocenters. The third-order valence-corrected chi connectivity index (χ3v) is 7.84. The van der Waals surface area contributed by atoms with Crippen LogP contribution < -0.4 is 10.3 Å². The van der Waals surface area contributed by atoms with Crippen molar-refractivity contribution in [1.29, 1.82) is 0 Å². The Morgan fingerprint density at radius 2 is 1.85 bits per heavy atom. The smallest absolute Gasteiger partial charge is 0.412 e. The topological polar surface area (TPSA) is 95.5 Å². The molecule has 1 saturated carbocycles. The van der Waals surface area contributed by atoms with E-state index in [4.69, 9.17) is 4.74 Å². The average molecular weight is 560 g/mol. The number of benzene rings is 1. The standard InChI is InChI=1S/C30H36F3N3O4/c1-20(2)36(16-17-37)28(39)25-26(40-19-21-8-4-3-5-9-21)27(38)35-24(34-25)18-29(14-6-7-15-29)22-10-12-23(13-11-22)30(31,32)33/h3-5,8-10,12,20,37H,6-7,11,13-19H2,1-2H3,(H,34,35,38). The fourth-order valence-electron chi connectivity index (χ4n) is 5.74. The molecule has 0 spiro atoms. The first kappa shape index (κ1) is 29.6. The van der Waals surface area contributed by atoms with Gasteiger partial charge in [0.15, 0.2) is 5.69 Å². The second-order valence-electron chi connectivity index (χ2n) is 10.8. The van der Waals surface area contributed by atoms with Crippen LogP contribution >= 0.6 is 0 Å². The maximum absolute atomic E-state index is 13.7. The van der Waals surface area contributed by atoms with Crippen molar-refractivity contribution in [1.82, 2.24) is 14.9 Å². The number of hydrogen-bond donors (Lipinski definition) is 2. The molecule has 2 aliphatic carbocycles. The lowest BCUT2D eigenvalue weighted by Crippen LogP contribution is -2.40. The Bertz CT molecular complexity index is 1310. The van der Waals surface area contributed by atoms with E-state index in [1.165, 1.54) is 11.0 Å². The highest BCUT2D eigenvalue weighted by Crippen LogP contribution is 2.50. The molecule has 1 aromatic carbocycles. The number of allylic oxidation sites excluding steroid dienone is 4. The lowest BCUT2D eigenvalue weighted by atomic mass is 9.72. The van der Waals surface area contributed by atoms with Gasteiger partial charge in [-0.1, -0.05) is 60.9 Å². The van der Waals surface area contributed by atoms with Crippen molar-refractivity contribution in [2.75, 3.05) is 13.2 Å². The molecule has 1 amide bonds. The van der Waals surface area contributed by atoms with Gasteiger partial charge in [-0.3, -0.25) is 9.59 Å². The van der Waals surface area contributed by atoms with E-state index >= 15 is 0 Å². The number of hydrogen-bond acceptors (Lipinski definition) is 5. The number of aromatic nitrogens is 2. The number of aliphatic hydroxyl groups is 1. The Hall–Kier alpha value is -3.40. The van der Waals surface area contributed by atoms with E-state index < -0.39 is 28.6 Å². The van der Waals surface area contributed by atoms with E-state index in [2.05, 4.69) is 9.97 Å². The van der Waals surface area contributed by atoms with Crippen molar-refractivity contribution in [2.24, 2.45) is 5.41 Å². The molecular formula is C30H36F3N3O4. The van der Waals surface area contributed by atoms with Crippen LogP contribution in [0.2, 0.25) is 0 Å². The second-order valence-corrected chi connectivity index (χ2v) is 10.8. The lowest BCUT2D eigenvalue weighted by molar-refractivity contribution is -0.0942. The summed E-state index contributed by atoms with van der Waals surface area (Å²) in [5.74, 6) is -0.438. The van der Waals surface area contributed by atoms with Crippen LogP contribution in [-0.2, 0) is 13.0 Å². The number of H-pyrrole nitrogens is 1. The summed E-state index contributed by atoms with van der Waals surface area (Å²) in [5.41, 5.74) is 0.00668. The Morgan fingerprint density at radius 3 is 2.42 bits per heavy atom. The highest BCUT2D eigenvalue weighted by atomic mass is 19.4. The number of rotatable bonds is 10. The van der Waals surface area contributed by atoms with E-state index in [0.717, 1.165) is 36.8 Å². The summed E-state index contributed by atoms with van der Waals surface area (Å²) in [5, 5.41) is 9.55. The van der Waals surface area contributed by atoms with Gasteiger partial charge in [0.2, 0.25) is 5.75 Å². The van der Waals surface area contributed by atoms with E-state index in [1.807, 2.05) is 30.3 Å². The summed E-state index contributed by atoms with van der Waals surface area (Å²) in [6.07, 6.45) is 2.26. The normalized spacial score (nSPS) is 17.0. The average Bonchev–Trinajstić information content (AvgIpc) is 3.40. The van der Waals surface area contributed by atoms with E-state index in [-0.39, 0.29) is 50.1 Å². The fourth-order valence-corrected chi connectivity index (χ4v) is 5.74. The van der Waals surface area contributed by atoms with Crippen LogP contribution in [0.5, 0.6) is 5.75 Å². The summed E-state index contributed by atoms with van der Waals surface area (Å²) in [4.78, 5) is 35.9. The van der Waals surface area contributed by atoms with E-state index in [9.17, 15) is 27.9 Å². The SMILES string of the molecule is CC(C)N(CCO)C(=O)c1nc(CC2(C3=CC=C(C(F)(F)F)CC3)CCCC2)[nH]c(=O)c1OCc1ccccc1. The molecule has 2 N–H and O–H groups in total. The molecule has 1 fully saturated rings. The number of halogens is 3. The maximum Gasteiger partial charge on any atom is 0.412 e. The molecule has 7 nitrogen and oxygen atoms in total. The summed E-state index contributed by atoms with van der Waals surface area (Å²) >= 11 is 0. The minimum atomic E-state index is -4.35. The Kier molecular flexibility index (Phi) is 9.18. The first-order valence-electron chi connectivity index (χ1n) is 13.7. The van der Waals surface area contributed by atoms with Crippen molar-refractivity contribution < 1.29 is 27.8 Å². The zero-order valence-corrected chi connectivity index (χ0v) is 22.9. The highest BCUT2D eigenvalue weighted by molar-refractivity contribution is 5.95. The summed E-state index contributed by atoms with van der Waals surface area (Å²) in [6.45, 7) is 3.46. The fraction of sp³-hybridized carbons (Fsp3) is 0.500. The predicted molar refractivity (Wildman–Crippen MR) is 145 cm³/mol. The largest absolute Gasteiger partial charge is 0.481 e. The van der Waals surface area contributed by atoms with Gasteiger partial charge in [0, 0.05) is 24.6 Å². The van der Waals surface area contributed by atoms with Crippen LogP contribution in [-0.4, -0.2) is 51.3 Å². The third kappa shape index (κ3) is 6.66. The number of amides is 1. The first-order valence-corrected chi connectivity index (χ1v) is 13.7. The summed E-state index contributed by atoms with van der Waals surface area (Å²) < 4.78 is 45.5. The monoisotopic (exact) mass is 559 g/mol. The summed E-state index contributed by atoms with van der Waals surface area (Å²) in [6, 6.07) is 8.94. The molecule has 0 bridgehead atoms. The molecule has 4 rings (SSSR count). The van der Waals surface area contributed by atoms with Gasteiger partial charge in [0.05, 0.1) is 6.61 Å². The molecule has 0 saturated heterocycles. The van der Waals surface area contributed by atoms with Gasteiger partial charge >= 0.3 is 6.18 Å². The van der Waals surface area contributed by atoms with Gasteiger partial charge in [-0.05, 0) is 50.5 Å². The number of nitrogens with zero attached hydrogens (tertiary/aromatic N) is 2. The van der Waals surface area contributed by atoms with Gasteiger partial charge in [-0.25, -0.2) is 4.98 Å². The molecule has 0 radical (unpaired) electrons. The molecule has 0 aliphatic heterocycles. The number of aliphatic hydroxyl groups excluding tert-OH is 1. The van der Waals surface area contributed by atoms with E-state index in [1.54, 1.807) is 19.9 Å². The lowest BCUT2D eigenvalue weighted by Gasteiger charge is -2.34. The van der Waals surface area contributed by atoms with Crippen LogP contribution in [0, 0.1) is 5.41 Å². The number of alkyl halides is 3. The Balaban J connectivity index is 1.71. The Labute approximate surface area is 231 Å². The molecule has 1 heterocycles. The van der Waals surface area contributed by atoms with Gasteiger partial charge in [0.25, 0.3) is 11.5 Å². The number of carbonyl (C=O) groups is 1. The van der Waals surface area contributed by atoms with Gasteiger partial charge in [-0.15, -0.1) is 0 Å². The molecule has 10 heteroatoms. The molecule has 40 heavy (non-hydrogen) atoms. The molecule has 0 unspecified atom stereocenters. The number of aromatic amines is 1. The Morgan fingerprint density at radius 1 is 1.15 bits per heavy atom. The first-order chi connectivity index (χ1) is 19.0.